The maximum Gasteiger partial charge on any atom is 0.407 e. The summed E-state index contributed by atoms with van der Waals surface area (Å²) in [5, 5.41) is 8.46. The molecule has 2 aromatic carbocycles. The van der Waals surface area contributed by atoms with Crippen molar-refractivity contribution in [3.05, 3.63) is 65.7 Å². The van der Waals surface area contributed by atoms with Crippen molar-refractivity contribution >= 4 is 17.8 Å². The van der Waals surface area contributed by atoms with Gasteiger partial charge in [0.05, 0.1) is 0 Å². The fourth-order valence-electron chi connectivity index (χ4n) is 2.74. The third-order valence-corrected chi connectivity index (χ3v) is 4.04. The second-order valence-electron chi connectivity index (χ2n) is 7.85. The lowest BCUT2D eigenvalue weighted by Crippen LogP contribution is -2.33. The van der Waals surface area contributed by atoms with Crippen LogP contribution in [0.3, 0.4) is 0 Å². The molecule has 6 heteroatoms. The van der Waals surface area contributed by atoms with E-state index in [4.69, 9.17) is 4.74 Å². The standard InChI is InChI=1S/C23H31N3O3/c1-23(2,3)29-22(28)25-16-14-19-11-7-13-20(17-19)26-21(27)24-15-8-12-18-9-5-4-6-10-18/h4-7,9-11,13,17H,8,12,14-16H2,1-3H3,(H,25,28)(H2,24,26,27). The van der Waals surface area contributed by atoms with E-state index in [9.17, 15) is 9.59 Å². The molecular weight excluding hydrogens is 366 g/mol. The summed E-state index contributed by atoms with van der Waals surface area (Å²) in [6.07, 6.45) is 2.03. The molecule has 0 spiro atoms. The number of carbonyl (C=O) groups is 2. The Morgan fingerprint density at radius 1 is 0.862 bits per heavy atom. The fourth-order valence-corrected chi connectivity index (χ4v) is 2.74. The van der Waals surface area contributed by atoms with Crippen LogP contribution in [0, 0.1) is 0 Å². The highest BCUT2D eigenvalue weighted by atomic mass is 16.6. The van der Waals surface area contributed by atoms with E-state index in [2.05, 4.69) is 28.1 Å². The molecule has 0 bridgehead atoms. The molecule has 0 radical (unpaired) electrons. The van der Waals surface area contributed by atoms with Crippen LogP contribution in [-0.4, -0.2) is 30.8 Å². The first-order valence-corrected chi connectivity index (χ1v) is 9.96. The Hall–Kier alpha value is -3.02. The van der Waals surface area contributed by atoms with Gasteiger partial charge >= 0.3 is 12.1 Å². The number of amides is 3. The summed E-state index contributed by atoms with van der Waals surface area (Å²) >= 11 is 0. The molecule has 0 saturated carbocycles. The zero-order chi connectivity index (χ0) is 21.1. The Bertz CT molecular complexity index is 785. The van der Waals surface area contributed by atoms with E-state index in [0.717, 1.165) is 24.1 Å². The molecule has 2 rings (SSSR count). The van der Waals surface area contributed by atoms with E-state index < -0.39 is 11.7 Å². The Labute approximate surface area is 173 Å². The minimum Gasteiger partial charge on any atom is -0.444 e. The highest BCUT2D eigenvalue weighted by molar-refractivity contribution is 5.89. The predicted octanol–water partition coefficient (Wildman–Crippen LogP) is 4.51. The molecule has 0 unspecified atom stereocenters. The van der Waals surface area contributed by atoms with Crippen LogP contribution in [-0.2, 0) is 17.6 Å². The summed E-state index contributed by atoms with van der Waals surface area (Å²) < 4.78 is 5.21. The van der Waals surface area contributed by atoms with E-state index in [0.29, 0.717) is 19.5 Å². The number of hydrogen-bond donors (Lipinski definition) is 3. The maximum atomic E-state index is 12.1. The highest BCUT2D eigenvalue weighted by Crippen LogP contribution is 2.11. The molecule has 0 aliphatic rings. The summed E-state index contributed by atoms with van der Waals surface area (Å²) in [6.45, 7) is 6.56. The molecule has 0 fully saturated rings. The first kappa shape index (κ1) is 22.3. The molecule has 0 aliphatic carbocycles. The third-order valence-electron chi connectivity index (χ3n) is 4.04. The minimum absolute atomic E-state index is 0.220. The quantitative estimate of drug-likeness (QED) is 0.574. The summed E-state index contributed by atoms with van der Waals surface area (Å²) in [5.41, 5.74) is 2.49. The van der Waals surface area contributed by atoms with E-state index in [1.807, 2.05) is 63.2 Å². The topological polar surface area (TPSA) is 79.5 Å². The molecular formula is C23H31N3O3. The lowest BCUT2D eigenvalue weighted by atomic mass is 10.1. The minimum atomic E-state index is -0.512. The molecule has 3 N–H and O–H groups in total. The van der Waals surface area contributed by atoms with Crippen LogP contribution in [0.25, 0.3) is 0 Å². The fraction of sp³-hybridized carbons (Fsp3) is 0.391. The summed E-state index contributed by atoms with van der Waals surface area (Å²) in [7, 11) is 0. The largest absolute Gasteiger partial charge is 0.444 e. The maximum absolute atomic E-state index is 12.1. The number of urea groups is 1. The molecule has 29 heavy (non-hydrogen) atoms. The second-order valence-corrected chi connectivity index (χ2v) is 7.85. The Balaban J connectivity index is 1.68. The van der Waals surface area contributed by atoms with Crippen LogP contribution in [0.15, 0.2) is 54.6 Å². The zero-order valence-electron chi connectivity index (χ0n) is 17.5. The molecule has 0 atom stereocenters. The van der Waals surface area contributed by atoms with Crippen LogP contribution in [0.4, 0.5) is 15.3 Å². The molecule has 0 aromatic heterocycles. The van der Waals surface area contributed by atoms with Crippen molar-refractivity contribution in [2.24, 2.45) is 0 Å². The normalized spacial score (nSPS) is 10.9. The molecule has 3 amide bonds. The summed E-state index contributed by atoms with van der Waals surface area (Å²) in [4.78, 5) is 23.8. The molecule has 2 aromatic rings. The number of aryl methyl sites for hydroxylation is 1. The van der Waals surface area contributed by atoms with Crippen LogP contribution >= 0.6 is 0 Å². The Kier molecular flexibility index (Phi) is 8.52. The average Bonchev–Trinajstić information content (AvgIpc) is 2.65. The Morgan fingerprint density at radius 3 is 2.31 bits per heavy atom. The lowest BCUT2D eigenvalue weighted by molar-refractivity contribution is 0.0528. The number of hydrogen-bond acceptors (Lipinski definition) is 3. The van der Waals surface area contributed by atoms with Crippen molar-refractivity contribution in [1.82, 2.24) is 10.6 Å². The third kappa shape index (κ3) is 9.65. The van der Waals surface area contributed by atoms with Gasteiger partial charge in [0.1, 0.15) is 5.60 Å². The SMILES string of the molecule is CC(C)(C)OC(=O)NCCc1cccc(NC(=O)NCCCc2ccccc2)c1. The van der Waals surface area contributed by atoms with Crippen molar-refractivity contribution in [3.63, 3.8) is 0 Å². The van der Waals surface area contributed by atoms with Gasteiger partial charge in [-0.15, -0.1) is 0 Å². The van der Waals surface area contributed by atoms with Crippen LogP contribution in [0.1, 0.15) is 38.3 Å². The average molecular weight is 398 g/mol. The van der Waals surface area contributed by atoms with Crippen molar-refractivity contribution in [2.75, 3.05) is 18.4 Å². The van der Waals surface area contributed by atoms with E-state index in [-0.39, 0.29) is 6.03 Å². The van der Waals surface area contributed by atoms with Crippen LogP contribution in [0.5, 0.6) is 0 Å². The summed E-state index contributed by atoms with van der Waals surface area (Å²) in [6, 6.07) is 17.6. The van der Waals surface area contributed by atoms with Crippen molar-refractivity contribution in [2.45, 2.75) is 45.6 Å². The number of anilines is 1. The number of carbonyl (C=O) groups excluding carboxylic acids is 2. The predicted molar refractivity (Wildman–Crippen MR) is 116 cm³/mol. The van der Waals surface area contributed by atoms with Gasteiger partial charge in [-0.2, -0.15) is 0 Å². The van der Waals surface area contributed by atoms with Crippen LogP contribution < -0.4 is 16.0 Å². The monoisotopic (exact) mass is 397 g/mol. The van der Waals surface area contributed by atoms with E-state index in [1.165, 1.54) is 5.56 Å². The first-order valence-electron chi connectivity index (χ1n) is 9.96. The van der Waals surface area contributed by atoms with Gasteiger partial charge in [0, 0.05) is 18.8 Å². The summed E-state index contributed by atoms with van der Waals surface area (Å²) in [5.74, 6) is 0. The first-order chi connectivity index (χ1) is 13.8. The lowest BCUT2D eigenvalue weighted by Gasteiger charge is -2.19. The highest BCUT2D eigenvalue weighted by Gasteiger charge is 2.15. The number of rotatable bonds is 8. The smallest absolute Gasteiger partial charge is 0.407 e. The van der Waals surface area contributed by atoms with Gasteiger partial charge in [-0.3, -0.25) is 0 Å². The Morgan fingerprint density at radius 2 is 1.59 bits per heavy atom. The van der Waals surface area contributed by atoms with Gasteiger partial charge in [-0.05, 0) is 63.3 Å². The van der Waals surface area contributed by atoms with Crippen molar-refractivity contribution in [3.8, 4) is 0 Å². The van der Waals surface area contributed by atoms with Gasteiger partial charge < -0.3 is 20.7 Å². The van der Waals surface area contributed by atoms with Gasteiger partial charge in [-0.1, -0.05) is 42.5 Å². The second kappa shape index (κ2) is 11.1. The number of nitrogens with one attached hydrogen (secondary N) is 3. The molecule has 156 valence electrons. The van der Waals surface area contributed by atoms with Crippen molar-refractivity contribution < 1.29 is 14.3 Å². The van der Waals surface area contributed by atoms with Gasteiger partial charge in [0.2, 0.25) is 0 Å². The van der Waals surface area contributed by atoms with Crippen LogP contribution in [0.2, 0.25) is 0 Å². The molecule has 0 aliphatic heterocycles. The van der Waals surface area contributed by atoms with E-state index >= 15 is 0 Å². The molecule has 6 nitrogen and oxygen atoms in total. The number of ether oxygens (including phenoxy) is 1. The van der Waals surface area contributed by atoms with Crippen molar-refractivity contribution in [1.29, 1.82) is 0 Å². The molecule has 0 heterocycles. The van der Waals surface area contributed by atoms with Gasteiger partial charge in [0.15, 0.2) is 0 Å². The number of benzene rings is 2. The zero-order valence-corrected chi connectivity index (χ0v) is 17.5. The van der Waals surface area contributed by atoms with Gasteiger partial charge in [-0.25, -0.2) is 9.59 Å². The van der Waals surface area contributed by atoms with E-state index in [1.54, 1.807) is 0 Å². The number of alkyl carbamates (subject to hydrolysis) is 1. The van der Waals surface area contributed by atoms with Gasteiger partial charge in [0.25, 0.3) is 0 Å². The molecule has 0 saturated heterocycles.